The number of rotatable bonds is 5. The fourth-order valence-corrected chi connectivity index (χ4v) is 4.78. The summed E-state index contributed by atoms with van der Waals surface area (Å²) in [4.78, 5) is 20.5. The van der Waals surface area contributed by atoms with E-state index in [0.29, 0.717) is 18.0 Å². The molecule has 0 aliphatic carbocycles. The number of benzene rings is 2. The normalized spacial score (nSPS) is 13.8. The second-order valence-electron chi connectivity index (χ2n) is 7.54. The Morgan fingerprint density at radius 2 is 1.73 bits per heavy atom. The molecule has 0 radical (unpaired) electrons. The highest BCUT2D eigenvalue weighted by Gasteiger charge is 2.23. The molecule has 7 heteroatoms. The lowest BCUT2D eigenvalue weighted by Gasteiger charge is -2.23. The van der Waals surface area contributed by atoms with Gasteiger partial charge in [0, 0.05) is 19.5 Å². The molecular formula is C23H22N2O4S. The van der Waals surface area contributed by atoms with Crippen LogP contribution in [-0.2, 0) is 19.5 Å². The van der Waals surface area contributed by atoms with Gasteiger partial charge in [-0.2, -0.15) is 0 Å². The molecular weight excluding hydrogens is 400 g/mol. The summed E-state index contributed by atoms with van der Waals surface area (Å²) in [6.45, 7) is 5.76. The summed E-state index contributed by atoms with van der Waals surface area (Å²) in [5.41, 5.74) is 4.07. The molecule has 5 rings (SSSR count). The highest BCUT2D eigenvalue weighted by molar-refractivity contribution is 7.13. The molecule has 0 spiro atoms. The number of thiazole rings is 1. The maximum atomic E-state index is 13.5. The number of aromatic nitrogens is 1. The van der Waals surface area contributed by atoms with Crippen LogP contribution in [0.3, 0.4) is 0 Å². The van der Waals surface area contributed by atoms with Gasteiger partial charge in [-0.1, -0.05) is 18.2 Å². The van der Waals surface area contributed by atoms with Gasteiger partial charge in [0.05, 0.1) is 17.3 Å². The van der Waals surface area contributed by atoms with Crippen LogP contribution in [0.1, 0.15) is 37.1 Å². The maximum Gasteiger partial charge on any atom is 0.266 e. The SMILES string of the molecule is Cc1nc(C)c(C(=O)N(Cc2ccc3c(c2)CCO3)Cc2ccc3c(c2)OCO3)s1. The van der Waals surface area contributed by atoms with E-state index in [4.69, 9.17) is 14.2 Å². The molecule has 2 aliphatic heterocycles. The van der Waals surface area contributed by atoms with Gasteiger partial charge in [-0.25, -0.2) is 4.98 Å². The van der Waals surface area contributed by atoms with Crippen molar-refractivity contribution in [3.05, 3.63) is 68.7 Å². The molecule has 0 N–H and O–H groups in total. The highest BCUT2D eigenvalue weighted by Crippen LogP contribution is 2.33. The van der Waals surface area contributed by atoms with Crippen molar-refractivity contribution < 1.29 is 19.0 Å². The first-order valence-corrected chi connectivity index (χ1v) is 10.7. The van der Waals surface area contributed by atoms with Crippen molar-refractivity contribution in [3.63, 3.8) is 0 Å². The Bertz CT molecular complexity index is 1060. The Morgan fingerprint density at radius 1 is 1.00 bits per heavy atom. The second kappa shape index (κ2) is 7.65. The third kappa shape index (κ3) is 3.61. The molecule has 30 heavy (non-hydrogen) atoms. The summed E-state index contributed by atoms with van der Waals surface area (Å²) in [5, 5.41) is 0.897. The van der Waals surface area contributed by atoms with E-state index in [1.54, 1.807) is 0 Å². The zero-order valence-corrected chi connectivity index (χ0v) is 17.8. The molecule has 0 fully saturated rings. The Kier molecular flexibility index (Phi) is 4.83. The van der Waals surface area contributed by atoms with Crippen molar-refractivity contribution in [3.8, 4) is 17.2 Å². The third-order valence-corrected chi connectivity index (χ3v) is 6.38. The van der Waals surface area contributed by atoms with Crippen LogP contribution in [0.25, 0.3) is 0 Å². The van der Waals surface area contributed by atoms with Crippen molar-refractivity contribution >= 4 is 17.2 Å². The monoisotopic (exact) mass is 422 g/mol. The predicted molar refractivity (Wildman–Crippen MR) is 113 cm³/mol. The van der Waals surface area contributed by atoms with Crippen molar-refractivity contribution in [1.29, 1.82) is 0 Å². The van der Waals surface area contributed by atoms with E-state index >= 15 is 0 Å². The van der Waals surface area contributed by atoms with E-state index in [0.717, 1.165) is 52.1 Å². The summed E-state index contributed by atoms with van der Waals surface area (Å²) in [6, 6.07) is 12.0. The minimum atomic E-state index is -0.00693. The molecule has 6 nitrogen and oxygen atoms in total. The summed E-state index contributed by atoms with van der Waals surface area (Å²) in [7, 11) is 0. The number of ether oxygens (including phenoxy) is 3. The van der Waals surface area contributed by atoms with Gasteiger partial charge in [0.15, 0.2) is 11.5 Å². The Balaban J connectivity index is 1.45. The molecule has 0 unspecified atom stereocenters. The van der Waals surface area contributed by atoms with E-state index in [9.17, 15) is 4.79 Å². The van der Waals surface area contributed by atoms with Crippen molar-refractivity contribution in [2.45, 2.75) is 33.4 Å². The van der Waals surface area contributed by atoms with E-state index in [1.807, 2.05) is 49.1 Å². The molecule has 1 amide bonds. The Labute approximate surface area is 179 Å². The number of nitrogens with zero attached hydrogens (tertiary/aromatic N) is 2. The minimum absolute atomic E-state index is 0.00693. The van der Waals surface area contributed by atoms with Gasteiger partial charge in [-0.3, -0.25) is 4.79 Å². The molecule has 0 saturated heterocycles. The fraction of sp³-hybridized carbons (Fsp3) is 0.304. The quantitative estimate of drug-likeness (QED) is 0.615. The van der Waals surface area contributed by atoms with Gasteiger partial charge < -0.3 is 19.1 Å². The van der Waals surface area contributed by atoms with Crippen LogP contribution in [0.2, 0.25) is 0 Å². The van der Waals surface area contributed by atoms with Gasteiger partial charge in [-0.15, -0.1) is 11.3 Å². The Morgan fingerprint density at radius 3 is 2.50 bits per heavy atom. The van der Waals surface area contributed by atoms with E-state index in [2.05, 4.69) is 11.1 Å². The zero-order chi connectivity index (χ0) is 20.7. The van der Waals surface area contributed by atoms with E-state index < -0.39 is 0 Å². The number of carbonyl (C=O) groups is 1. The number of hydrogen-bond acceptors (Lipinski definition) is 6. The first kappa shape index (κ1) is 18.9. The summed E-state index contributed by atoms with van der Waals surface area (Å²) < 4.78 is 16.5. The van der Waals surface area contributed by atoms with E-state index in [1.165, 1.54) is 16.9 Å². The first-order valence-electron chi connectivity index (χ1n) is 9.93. The van der Waals surface area contributed by atoms with Gasteiger partial charge in [0.2, 0.25) is 6.79 Å². The minimum Gasteiger partial charge on any atom is -0.493 e. The van der Waals surface area contributed by atoms with Crippen LogP contribution >= 0.6 is 11.3 Å². The molecule has 2 aromatic carbocycles. The first-order chi connectivity index (χ1) is 14.6. The van der Waals surface area contributed by atoms with Crippen LogP contribution in [0, 0.1) is 13.8 Å². The molecule has 0 atom stereocenters. The van der Waals surface area contributed by atoms with Gasteiger partial charge in [0.25, 0.3) is 5.91 Å². The van der Waals surface area contributed by atoms with Gasteiger partial charge in [-0.05, 0) is 48.7 Å². The maximum absolute atomic E-state index is 13.5. The largest absolute Gasteiger partial charge is 0.493 e. The number of amides is 1. The molecule has 3 heterocycles. The van der Waals surface area contributed by atoms with Crippen LogP contribution in [-0.4, -0.2) is 29.2 Å². The summed E-state index contributed by atoms with van der Waals surface area (Å²) in [6.07, 6.45) is 0.909. The van der Waals surface area contributed by atoms with Crippen molar-refractivity contribution in [2.24, 2.45) is 0 Å². The molecule has 3 aromatic rings. The lowest BCUT2D eigenvalue weighted by Crippen LogP contribution is -2.30. The molecule has 154 valence electrons. The van der Waals surface area contributed by atoms with Crippen LogP contribution < -0.4 is 14.2 Å². The average molecular weight is 423 g/mol. The van der Waals surface area contributed by atoms with Crippen LogP contribution in [0.4, 0.5) is 0 Å². The van der Waals surface area contributed by atoms with Crippen molar-refractivity contribution in [1.82, 2.24) is 9.88 Å². The summed E-state index contributed by atoms with van der Waals surface area (Å²) in [5.74, 6) is 2.40. The van der Waals surface area contributed by atoms with Crippen LogP contribution in [0.5, 0.6) is 17.2 Å². The zero-order valence-electron chi connectivity index (χ0n) is 16.9. The van der Waals surface area contributed by atoms with Crippen LogP contribution in [0.15, 0.2) is 36.4 Å². The van der Waals surface area contributed by atoms with E-state index in [-0.39, 0.29) is 12.7 Å². The lowest BCUT2D eigenvalue weighted by atomic mass is 10.1. The topological polar surface area (TPSA) is 60.9 Å². The number of carbonyl (C=O) groups excluding carboxylic acids is 1. The number of aryl methyl sites for hydroxylation is 2. The number of fused-ring (bicyclic) bond motifs is 2. The average Bonchev–Trinajstić information content (AvgIpc) is 3.45. The summed E-state index contributed by atoms with van der Waals surface area (Å²) >= 11 is 1.45. The highest BCUT2D eigenvalue weighted by atomic mass is 32.1. The molecule has 2 aliphatic rings. The molecule has 1 aromatic heterocycles. The standard InChI is InChI=1S/C23H22N2O4S/c1-14-22(30-15(2)24-14)23(26)25(11-16-3-5-19-18(9-16)7-8-27-19)12-17-4-6-20-21(10-17)29-13-28-20/h3-6,9-10H,7-8,11-13H2,1-2H3. The third-order valence-electron chi connectivity index (χ3n) is 5.32. The van der Waals surface area contributed by atoms with Gasteiger partial charge in [0.1, 0.15) is 10.6 Å². The Hall–Kier alpha value is -3.06. The van der Waals surface area contributed by atoms with Crippen molar-refractivity contribution in [2.75, 3.05) is 13.4 Å². The predicted octanol–water partition coefficient (Wildman–Crippen LogP) is 4.27. The molecule has 0 saturated carbocycles. The smallest absolute Gasteiger partial charge is 0.266 e. The molecule has 0 bridgehead atoms. The second-order valence-corrected chi connectivity index (χ2v) is 8.74. The van der Waals surface area contributed by atoms with Gasteiger partial charge >= 0.3 is 0 Å². The number of hydrogen-bond donors (Lipinski definition) is 0. The fourth-order valence-electron chi connectivity index (χ4n) is 3.89. The lowest BCUT2D eigenvalue weighted by molar-refractivity contribution is 0.0734.